The van der Waals surface area contributed by atoms with Gasteiger partial charge in [0.25, 0.3) is 0 Å². The zero-order chi connectivity index (χ0) is 17.9. The first-order chi connectivity index (χ1) is 11.9. The Balaban J connectivity index is 1.83. The van der Waals surface area contributed by atoms with Gasteiger partial charge >= 0.3 is 0 Å². The molecular formula is C18H19N3O4. The van der Waals surface area contributed by atoms with Crippen LogP contribution in [0.2, 0.25) is 0 Å². The number of nitriles is 1. The van der Waals surface area contributed by atoms with Crippen LogP contribution < -0.4 is 9.47 Å². The zero-order valence-electron chi connectivity index (χ0n) is 14.4. The van der Waals surface area contributed by atoms with E-state index in [0.717, 1.165) is 5.56 Å². The van der Waals surface area contributed by atoms with E-state index in [4.69, 9.17) is 9.47 Å². The van der Waals surface area contributed by atoms with E-state index in [1.807, 2.05) is 19.1 Å². The van der Waals surface area contributed by atoms with Gasteiger partial charge in [0.05, 0.1) is 17.5 Å². The number of benzene rings is 1. The lowest BCUT2D eigenvalue weighted by Crippen LogP contribution is -2.60. The molecule has 2 fully saturated rings. The zero-order valence-corrected chi connectivity index (χ0v) is 14.4. The van der Waals surface area contributed by atoms with Gasteiger partial charge in [-0.3, -0.25) is 9.59 Å². The largest absolute Gasteiger partial charge is 0.454 e. The molecule has 7 heteroatoms. The lowest BCUT2D eigenvalue weighted by atomic mass is 9.79. The van der Waals surface area contributed by atoms with Crippen LogP contribution >= 0.6 is 0 Å². The van der Waals surface area contributed by atoms with E-state index in [1.165, 1.54) is 4.90 Å². The molecule has 3 aliphatic heterocycles. The summed E-state index contributed by atoms with van der Waals surface area (Å²) in [6.45, 7) is 3.69. The van der Waals surface area contributed by atoms with Gasteiger partial charge in [0, 0.05) is 7.05 Å². The summed E-state index contributed by atoms with van der Waals surface area (Å²) in [5.74, 6) is 0.999. The minimum atomic E-state index is -0.853. The molecule has 2 amide bonds. The first-order valence-electron chi connectivity index (χ1n) is 8.27. The molecule has 1 aromatic carbocycles. The van der Waals surface area contributed by atoms with Crippen molar-refractivity contribution < 1.29 is 19.1 Å². The van der Waals surface area contributed by atoms with Gasteiger partial charge in [0.1, 0.15) is 12.1 Å². The molecule has 0 spiro atoms. The van der Waals surface area contributed by atoms with Crippen LogP contribution in [0.3, 0.4) is 0 Å². The van der Waals surface area contributed by atoms with Crippen molar-refractivity contribution in [2.24, 2.45) is 5.41 Å². The van der Waals surface area contributed by atoms with E-state index in [9.17, 15) is 14.9 Å². The fourth-order valence-electron chi connectivity index (χ4n) is 4.11. The molecule has 0 unspecified atom stereocenters. The van der Waals surface area contributed by atoms with Gasteiger partial charge in [-0.1, -0.05) is 6.07 Å². The normalized spacial score (nSPS) is 33.4. The summed E-state index contributed by atoms with van der Waals surface area (Å²) in [7, 11) is 1.64. The highest BCUT2D eigenvalue weighted by Crippen LogP contribution is 2.52. The van der Waals surface area contributed by atoms with Crippen LogP contribution in [0.4, 0.5) is 0 Å². The SMILES string of the molecule is C[C@H]1C(=O)N2[C@@H](c3ccc4c(c3)OCO4)[C@@](C)(C#N)C[C@H]2C(=O)N1C. The molecule has 0 radical (unpaired) electrons. The monoisotopic (exact) mass is 341 g/mol. The number of rotatable bonds is 1. The molecule has 0 bridgehead atoms. The maximum atomic E-state index is 13.0. The smallest absolute Gasteiger partial charge is 0.246 e. The predicted molar refractivity (Wildman–Crippen MR) is 86.5 cm³/mol. The van der Waals surface area contributed by atoms with E-state index >= 15 is 0 Å². The lowest BCUT2D eigenvalue weighted by molar-refractivity contribution is -0.159. The second-order valence-electron chi connectivity index (χ2n) is 7.14. The van der Waals surface area contributed by atoms with Crippen LogP contribution in [0, 0.1) is 16.7 Å². The summed E-state index contributed by atoms with van der Waals surface area (Å²) in [4.78, 5) is 28.7. The van der Waals surface area contributed by atoms with Crippen LogP contribution in [0.15, 0.2) is 18.2 Å². The second kappa shape index (κ2) is 5.12. The Hall–Kier alpha value is -2.75. The van der Waals surface area contributed by atoms with Crippen LogP contribution in [0.25, 0.3) is 0 Å². The highest BCUT2D eigenvalue weighted by atomic mass is 16.7. The van der Waals surface area contributed by atoms with Crippen LogP contribution in [-0.4, -0.2) is 47.5 Å². The van der Waals surface area contributed by atoms with Crippen LogP contribution in [-0.2, 0) is 9.59 Å². The molecule has 3 heterocycles. The van der Waals surface area contributed by atoms with E-state index in [-0.39, 0.29) is 18.6 Å². The van der Waals surface area contributed by atoms with Crippen molar-refractivity contribution in [3.63, 3.8) is 0 Å². The quantitative estimate of drug-likeness (QED) is 0.772. The van der Waals surface area contributed by atoms with E-state index < -0.39 is 23.5 Å². The minimum Gasteiger partial charge on any atom is -0.454 e. The molecule has 0 saturated carbocycles. The maximum absolute atomic E-state index is 13.0. The number of hydrogen-bond acceptors (Lipinski definition) is 5. The molecule has 3 aliphatic rings. The van der Waals surface area contributed by atoms with Gasteiger partial charge in [0.15, 0.2) is 11.5 Å². The molecule has 130 valence electrons. The Morgan fingerprint density at radius 3 is 2.68 bits per heavy atom. The Bertz CT molecular complexity index is 817. The molecule has 0 aromatic heterocycles. The predicted octanol–water partition coefficient (Wildman–Crippen LogP) is 1.45. The third-order valence-corrected chi connectivity index (χ3v) is 5.63. The summed E-state index contributed by atoms with van der Waals surface area (Å²) in [5, 5.41) is 9.83. The second-order valence-corrected chi connectivity index (χ2v) is 7.14. The summed E-state index contributed by atoms with van der Waals surface area (Å²) < 4.78 is 10.8. The molecule has 4 rings (SSSR count). The first-order valence-corrected chi connectivity index (χ1v) is 8.27. The molecule has 2 saturated heterocycles. The number of hydrogen-bond donors (Lipinski definition) is 0. The van der Waals surface area contributed by atoms with Crippen molar-refractivity contribution >= 4 is 11.8 Å². The Morgan fingerprint density at radius 2 is 1.96 bits per heavy atom. The van der Waals surface area contributed by atoms with E-state index in [2.05, 4.69) is 6.07 Å². The van der Waals surface area contributed by atoms with Gasteiger partial charge in [-0.25, -0.2) is 0 Å². The highest BCUT2D eigenvalue weighted by Gasteiger charge is 2.58. The Morgan fingerprint density at radius 1 is 1.24 bits per heavy atom. The van der Waals surface area contributed by atoms with Crippen molar-refractivity contribution in [2.45, 2.75) is 38.4 Å². The van der Waals surface area contributed by atoms with Gasteiger partial charge in [-0.2, -0.15) is 5.26 Å². The lowest BCUT2D eigenvalue weighted by Gasteiger charge is -2.42. The standard InChI is InChI=1S/C18H19N3O4/c1-10-16(22)21-12(17(23)20(10)3)7-18(2,8-19)15(21)11-4-5-13-14(6-11)25-9-24-13/h4-6,10,12,15H,7,9H2,1-3H3/t10-,12-,15-,18+/m0/s1. The Kier molecular flexibility index (Phi) is 3.23. The minimum absolute atomic E-state index is 0.114. The van der Waals surface area contributed by atoms with Crippen molar-refractivity contribution in [3.05, 3.63) is 23.8 Å². The van der Waals surface area contributed by atoms with E-state index in [0.29, 0.717) is 17.9 Å². The molecule has 0 N–H and O–H groups in total. The average Bonchev–Trinajstić information content (AvgIpc) is 3.20. The van der Waals surface area contributed by atoms with Gasteiger partial charge in [0.2, 0.25) is 18.6 Å². The number of likely N-dealkylation sites (N-methyl/N-ethyl adjacent to an activating group) is 1. The van der Waals surface area contributed by atoms with Crippen molar-refractivity contribution in [1.29, 1.82) is 5.26 Å². The first kappa shape index (κ1) is 15.8. The third-order valence-electron chi connectivity index (χ3n) is 5.63. The van der Waals surface area contributed by atoms with Crippen LogP contribution in [0.5, 0.6) is 11.5 Å². The molecule has 1 aromatic rings. The molecular weight excluding hydrogens is 322 g/mol. The Labute approximate surface area is 145 Å². The van der Waals surface area contributed by atoms with Gasteiger partial charge < -0.3 is 19.3 Å². The molecule has 4 atom stereocenters. The summed E-state index contributed by atoms with van der Waals surface area (Å²) in [6.07, 6.45) is 0.324. The fourth-order valence-corrected chi connectivity index (χ4v) is 4.11. The molecule has 7 nitrogen and oxygen atoms in total. The van der Waals surface area contributed by atoms with Crippen molar-refractivity contribution in [1.82, 2.24) is 9.80 Å². The number of piperazine rings is 1. The fraction of sp³-hybridized carbons (Fsp3) is 0.500. The summed E-state index contributed by atoms with van der Waals surface area (Å²) in [5.41, 5.74) is -0.0668. The maximum Gasteiger partial charge on any atom is 0.246 e. The molecule has 0 aliphatic carbocycles. The summed E-state index contributed by atoms with van der Waals surface area (Å²) in [6, 6.07) is 6.15. The average molecular weight is 341 g/mol. The number of nitrogens with zero attached hydrogens (tertiary/aromatic N) is 3. The number of carbonyl (C=O) groups is 2. The van der Waals surface area contributed by atoms with Crippen molar-refractivity contribution in [2.75, 3.05) is 13.8 Å². The van der Waals surface area contributed by atoms with Crippen molar-refractivity contribution in [3.8, 4) is 17.6 Å². The van der Waals surface area contributed by atoms with E-state index in [1.54, 1.807) is 24.9 Å². The number of fused-ring (bicyclic) bond motifs is 2. The number of amides is 2. The highest BCUT2D eigenvalue weighted by molar-refractivity contribution is 5.97. The van der Waals surface area contributed by atoms with Gasteiger partial charge in [-0.15, -0.1) is 0 Å². The number of carbonyl (C=O) groups excluding carboxylic acids is 2. The topological polar surface area (TPSA) is 82.9 Å². The number of ether oxygens (including phenoxy) is 2. The van der Waals surface area contributed by atoms with Gasteiger partial charge in [-0.05, 0) is 38.0 Å². The third kappa shape index (κ3) is 2.03. The van der Waals surface area contributed by atoms with Crippen LogP contribution in [0.1, 0.15) is 31.9 Å². The molecule has 25 heavy (non-hydrogen) atoms. The summed E-state index contributed by atoms with van der Waals surface area (Å²) >= 11 is 0.